The molecule has 3 saturated heterocycles. The summed E-state index contributed by atoms with van der Waals surface area (Å²) in [7, 11) is 4.84. The minimum Gasteiger partial charge on any atom is -0.458 e. The van der Waals surface area contributed by atoms with E-state index in [0.29, 0.717) is 38.5 Å². The van der Waals surface area contributed by atoms with Gasteiger partial charge in [0.1, 0.15) is 47.3 Å². The van der Waals surface area contributed by atoms with Crippen LogP contribution >= 0.6 is 0 Å². The first-order chi connectivity index (χ1) is 35.7. The van der Waals surface area contributed by atoms with Crippen LogP contribution in [0.3, 0.4) is 0 Å². The third kappa shape index (κ3) is 10.2. The molecule has 9 rings (SSSR count). The molecule has 1 aromatic heterocycles. The van der Waals surface area contributed by atoms with Crippen molar-refractivity contribution in [2.24, 2.45) is 16.7 Å². The molecular formula is C57H79NO17. The Bertz CT molecular complexity index is 2360. The van der Waals surface area contributed by atoms with Gasteiger partial charge in [-0.3, -0.25) is 4.98 Å². The largest absolute Gasteiger partial charge is 0.458 e. The zero-order chi connectivity index (χ0) is 53.7. The molecule has 6 fully saturated rings. The number of esters is 2. The summed E-state index contributed by atoms with van der Waals surface area (Å²) >= 11 is 0. The van der Waals surface area contributed by atoms with Crippen LogP contribution in [0.15, 0.2) is 72.6 Å². The SMILES string of the molecule is CO[C@H]1C[C@H](O[C@H]2CC[C@@]3(C)C(=CC[C@]4(O)[C@@H]3C[C@@H](OC(=O)/C=C/c3ccccc3)[C@@]3(C)[C@]4(O)CC[C@@]3(O)[C@H](C)OC(=O)c3cccnc3)C2)O[C@H](C)[C@H]1O[C@H]1C[C@H](OC)[C@H](O[C@H]2C[C@@H](OC)[C@@H](O)[C@H](C)O2)[C@@H](C)O1. The van der Waals surface area contributed by atoms with E-state index in [2.05, 4.69) is 11.9 Å². The summed E-state index contributed by atoms with van der Waals surface area (Å²) in [6, 6.07) is 12.5. The van der Waals surface area contributed by atoms with Gasteiger partial charge in [-0.1, -0.05) is 55.8 Å². The van der Waals surface area contributed by atoms with Gasteiger partial charge in [0.2, 0.25) is 0 Å². The van der Waals surface area contributed by atoms with Crippen LogP contribution in [0.4, 0.5) is 0 Å². The Morgan fingerprint density at radius 2 is 1.39 bits per heavy atom. The van der Waals surface area contributed by atoms with Gasteiger partial charge in [0.25, 0.3) is 0 Å². The second-order valence-corrected chi connectivity index (χ2v) is 22.5. The van der Waals surface area contributed by atoms with E-state index in [9.17, 15) is 30.0 Å². The summed E-state index contributed by atoms with van der Waals surface area (Å²) in [5, 5.41) is 50.1. The van der Waals surface area contributed by atoms with Gasteiger partial charge >= 0.3 is 11.9 Å². The van der Waals surface area contributed by atoms with Crippen molar-refractivity contribution in [1.29, 1.82) is 0 Å². The van der Waals surface area contributed by atoms with Crippen molar-refractivity contribution in [3.05, 3.63) is 83.7 Å². The van der Waals surface area contributed by atoms with Crippen molar-refractivity contribution in [2.45, 2.75) is 215 Å². The standard InChI is InChI=1S/C57H79NO17/c1-32-49(60)40(65-7)27-47(68-32)74-51-34(3)70-48(29-42(51)67-9)75-50-33(2)69-46(28-41(50)66-8)72-39-20-21-53(5)38(26-39)19-22-56(63)43(53)30-44(73-45(59)18-17-36-14-11-10-12-15-36)54(6)55(62,23-24-57(54,56)64)35(4)71-52(61)37-16-13-25-58-31-37/h10-19,25,31-35,39-44,46-51,60,62-64H,20-24,26-30H2,1-9H3/b18-17+/t32-,33+,34+,35-,39-,40+,41-,42-,43+,44+,46-,47-,48-,49-,50+,51+,53-,54+,55+,56-,57+/m0/s1. The summed E-state index contributed by atoms with van der Waals surface area (Å²) in [5.74, 6) is -1.99. The van der Waals surface area contributed by atoms with Gasteiger partial charge < -0.3 is 72.5 Å². The molecule has 7 aliphatic rings. The van der Waals surface area contributed by atoms with Crippen LogP contribution < -0.4 is 0 Å². The molecule has 18 nitrogen and oxygen atoms in total. The molecule has 0 spiro atoms. The molecule has 75 heavy (non-hydrogen) atoms. The van der Waals surface area contributed by atoms with Gasteiger partial charge in [-0.15, -0.1) is 0 Å². The Kier molecular flexibility index (Phi) is 16.6. The number of methoxy groups -OCH3 is 3. The summed E-state index contributed by atoms with van der Waals surface area (Å²) < 4.78 is 68.6. The average Bonchev–Trinajstić information content (AvgIpc) is 3.79. The van der Waals surface area contributed by atoms with Crippen LogP contribution in [-0.4, -0.2) is 168 Å². The lowest BCUT2D eigenvalue weighted by atomic mass is 9.42. The Labute approximate surface area is 440 Å². The minimum absolute atomic E-state index is 0.0452. The summed E-state index contributed by atoms with van der Waals surface area (Å²) in [6.07, 6.45) is 2.13. The molecule has 4 aliphatic carbocycles. The number of aliphatic hydroxyl groups excluding tert-OH is 1. The topological polar surface area (TPSA) is 229 Å². The number of nitrogens with zero attached hydrogens (tertiary/aromatic N) is 1. The van der Waals surface area contributed by atoms with Gasteiger partial charge in [0.15, 0.2) is 18.9 Å². The third-order valence-corrected chi connectivity index (χ3v) is 18.7. The Morgan fingerprint density at radius 1 is 0.773 bits per heavy atom. The van der Waals surface area contributed by atoms with E-state index < -0.39 is 125 Å². The van der Waals surface area contributed by atoms with Gasteiger partial charge in [0, 0.05) is 65.0 Å². The van der Waals surface area contributed by atoms with Crippen LogP contribution in [0.1, 0.15) is 122 Å². The third-order valence-electron chi connectivity index (χ3n) is 18.7. The molecule has 0 unspecified atom stereocenters. The minimum atomic E-state index is -2.00. The molecule has 4 heterocycles. The molecule has 0 bridgehead atoms. The molecule has 4 N–H and O–H groups in total. The van der Waals surface area contributed by atoms with Gasteiger partial charge in [-0.25, -0.2) is 9.59 Å². The normalized spacial score (nSPS) is 44.2. The van der Waals surface area contributed by atoms with E-state index >= 15 is 0 Å². The van der Waals surface area contributed by atoms with Crippen LogP contribution in [0.25, 0.3) is 6.08 Å². The predicted molar refractivity (Wildman–Crippen MR) is 269 cm³/mol. The number of carbonyl (C=O) groups is 2. The van der Waals surface area contributed by atoms with E-state index in [1.54, 1.807) is 60.3 Å². The van der Waals surface area contributed by atoms with Crippen molar-refractivity contribution < 1.29 is 82.1 Å². The number of hydrogen-bond donors (Lipinski definition) is 4. The highest BCUT2D eigenvalue weighted by atomic mass is 16.7. The van der Waals surface area contributed by atoms with Crippen molar-refractivity contribution in [3.63, 3.8) is 0 Å². The monoisotopic (exact) mass is 1050 g/mol. The molecule has 21 atom stereocenters. The van der Waals surface area contributed by atoms with Gasteiger partial charge in [0.05, 0.1) is 53.7 Å². The lowest BCUT2D eigenvalue weighted by Crippen LogP contribution is -2.78. The number of pyridine rings is 1. The number of aromatic nitrogens is 1. The van der Waals surface area contributed by atoms with E-state index in [4.69, 9.17) is 52.1 Å². The maximum absolute atomic E-state index is 13.9. The molecule has 0 amide bonds. The lowest BCUT2D eigenvalue weighted by Gasteiger charge is -2.67. The first-order valence-electron chi connectivity index (χ1n) is 26.8. The number of carbonyl (C=O) groups excluding carboxylic acids is 2. The number of rotatable bonds is 15. The number of ether oxygens (including phenoxy) is 11. The van der Waals surface area contributed by atoms with Crippen molar-refractivity contribution >= 4 is 18.0 Å². The van der Waals surface area contributed by atoms with Crippen molar-refractivity contribution in [3.8, 4) is 0 Å². The molecule has 2 aromatic rings. The molecule has 3 aliphatic heterocycles. The number of benzene rings is 1. The Hall–Kier alpha value is -3.73. The highest BCUT2D eigenvalue weighted by Crippen LogP contribution is 2.71. The highest BCUT2D eigenvalue weighted by molar-refractivity contribution is 5.89. The van der Waals surface area contributed by atoms with Gasteiger partial charge in [-0.2, -0.15) is 0 Å². The van der Waals surface area contributed by atoms with Crippen LogP contribution in [0.5, 0.6) is 0 Å². The molecule has 414 valence electrons. The van der Waals surface area contributed by atoms with Crippen LogP contribution in [0, 0.1) is 16.7 Å². The molecular weight excluding hydrogens is 971 g/mol. The van der Waals surface area contributed by atoms with Crippen molar-refractivity contribution in [1.82, 2.24) is 4.98 Å². The number of hydrogen-bond acceptors (Lipinski definition) is 18. The van der Waals surface area contributed by atoms with E-state index in [0.717, 1.165) is 11.1 Å². The van der Waals surface area contributed by atoms with Crippen LogP contribution in [0.2, 0.25) is 0 Å². The zero-order valence-corrected chi connectivity index (χ0v) is 44.8. The average molecular weight is 1050 g/mol. The zero-order valence-electron chi connectivity index (χ0n) is 44.8. The summed E-state index contributed by atoms with van der Waals surface area (Å²) in [6.45, 7) is 11.0. The molecule has 3 saturated carbocycles. The lowest BCUT2D eigenvalue weighted by molar-refractivity contribution is -0.339. The smallest absolute Gasteiger partial charge is 0.340 e. The summed E-state index contributed by atoms with van der Waals surface area (Å²) in [4.78, 5) is 31.4. The van der Waals surface area contributed by atoms with Crippen molar-refractivity contribution in [2.75, 3.05) is 21.3 Å². The fraction of sp³-hybridized carbons (Fsp3) is 0.702. The maximum atomic E-state index is 13.9. The fourth-order valence-corrected chi connectivity index (χ4v) is 14.2. The van der Waals surface area contributed by atoms with E-state index in [-0.39, 0.29) is 43.5 Å². The van der Waals surface area contributed by atoms with Gasteiger partial charge in [-0.05, 0) is 102 Å². The van der Waals surface area contributed by atoms with E-state index in [1.807, 2.05) is 50.3 Å². The second kappa shape index (κ2) is 22.2. The molecule has 1 aromatic carbocycles. The first kappa shape index (κ1) is 56.0. The van der Waals surface area contributed by atoms with Crippen LogP contribution in [-0.2, 0) is 56.9 Å². The fourth-order valence-electron chi connectivity index (χ4n) is 14.2. The first-order valence-corrected chi connectivity index (χ1v) is 26.8. The second-order valence-electron chi connectivity index (χ2n) is 22.5. The van der Waals surface area contributed by atoms with E-state index in [1.165, 1.54) is 18.5 Å². The quantitative estimate of drug-likeness (QED) is 0.0945. The summed E-state index contributed by atoms with van der Waals surface area (Å²) in [5.41, 5.74) is -6.05. The molecule has 0 radical (unpaired) electrons. The Morgan fingerprint density at radius 3 is 2.00 bits per heavy atom. The molecule has 18 heteroatoms. The number of aliphatic hydroxyl groups is 4. The number of fused-ring (bicyclic) bond motifs is 5. The Balaban J connectivity index is 0.881. The maximum Gasteiger partial charge on any atom is 0.340 e. The highest BCUT2D eigenvalue weighted by Gasteiger charge is 2.81. The predicted octanol–water partition coefficient (Wildman–Crippen LogP) is 5.75.